The first-order chi connectivity index (χ1) is 6.92. The second-order valence-electron chi connectivity index (χ2n) is 3.80. The molecule has 4 nitrogen and oxygen atoms in total. The zero-order valence-electron chi connectivity index (χ0n) is 8.19. The molecular weight excluding hydrogens is 176 g/mol. The van der Waals surface area contributed by atoms with Crippen molar-refractivity contribution in [3.05, 3.63) is 24.3 Å². The number of hydrogen-bond acceptors (Lipinski definition) is 4. The third-order valence-electron chi connectivity index (χ3n) is 2.91. The first-order valence-electron chi connectivity index (χ1n) is 5.15. The molecule has 1 atom stereocenters. The zero-order chi connectivity index (χ0) is 9.80. The van der Waals surface area contributed by atoms with E-state index in [2.05, 4.69) is 15.4 Å². The van der Waals surface area contributed by atoms with Crippen molar-refractivity contribution < 1.29 is 0 Å². The topological polar surface area (TPSA) is 63.8 Å². The third kappa shape index (κ3) is 1.91. The normalized spacial score (nSPS) is 19.8. The SMILES string of the molecule is NNC(c1ncccn1)C1CCCC1. The molecule has 0 aromatic carbocycles. The molecule has 14 heavy (non-hydrogen) atoms. The van der Waals surface area contributed by atoms with Gasteiger partial charge < -0.3 is 0 Å². The molecule has 0 bridgehead atoms. The molecule has 2 rings (SSSR count). The molecule has 0 saturated heterocycles. The minimum absolute atomic E-state index is 0.124. The van der Waals surface area contributed by atoms with E-state index in [-0.39, 0.29) is 6.04 Å². The van der Waals surface area contributed by atoms with Gasteiger partial charge in [-0.3, -0.25) is 5.84 Å². The molecule has 0 amide bonds. The largest absolute Gasteiger partial charge is 0.271 e. The van der Waals surface area contributed by atoms with Gasteiger partial charge in [-0.15, -0.1) is 0 Å². The van der Waals surface area contributed by atoms with Gasteiger partial charge in [0.15, 0.2) is 0 Å². The first-order valence-corrected chi connectivity index (χ1v) is 5.15. The van der Waals surface area contributed by atoms with Crippen molar-refractivity contribution in [1.29, 1.82) is 0 Å². The van der Waals surface area contributed by atoms with Crippen molar-refractivity contribution in [2.45, 2.75) is 31.7 Å². The lowest BCUT2D eigenvalue weighted by Crippen LogP contribution is -2.33. The van der Waals surface area contributed by atoms with Gasteiger partial charge in [-0.05, 0) is 24.8 Å². The minimum atomic E-state index is 0.124. The Morgan fingerprint density at radius 3 is 2.50 bits per heavy atom. The van der Waals surface area contributed by atoms with Crippen molar-refractivity contribution >= 4 is 0 Å². The zero-order valence-corrected chi connectivity index (χ0v) is 8.19. The predicted octanol–water partition coefficient (Wildman–Crippen LogP) is 1.17. The molecule has 1 fully saturated rings. The van der Waals surface area contributed by atoms with E-state index in [0.717, 1.165) is 5.82 Å². The summed E-state index contributed by atoms with van der Waals surface area (Å²) < 4.78 is 0. The summed E-state index contributed by atoms with van der Waals surface area (Å²) in [6.07, 6.45) is 8.59. The number of hydrazine groups is 1. The van der Waals surface area contributed by atoms with Crippen LogP contribution in [0.15, 0.2) is 18.5 Å². The summed E-state index contributed by atoms with van der Waals surface area (Å²) in [6, 6.07) is 1.95. The molecule has 0 aliphatic heterocycles. The molecular formula is C10H16N4. The van der Waals surface area contributed by atoms with Gasteiger partial charge >= 0.3 is 0 Å². The first kappa shape index (κ1) is 9.55. The Kier molecular flexibility index (Phi) is 3.06. The Bertz CT molecular complexity index is 269. The average molecular weight is 192 g/mol. The van der Waals surface area contributed by atoms with E-state index in [1.165, 1.54) is 25.7 Å². The monoisotopic (exact) mass is 192 g/mol. The Hall–Kier alpha value is -1.00. The maximum absolute atomic E-state index is 5.55. The third-order valence-corrected chi connectivity index (χ3v) is 2.91. The van der Waals surface area contributed by atoms with Crippen molar-refractivity contribution in [3.63, 3.8) is 0 Å². The lowest BCUT2D eigenvalue weighted by atomic mass is 9.98. The molecule has 3 N–H and O–H groups in total. The second-order valence-corrected chi connectivity index (χ2v) is 3.80. The Labute approximate surface area is 83.9 Å². The van der Waals surface area contributed by atoms with Gasteiger partial charge in [-0.2, -0.15) is 0 Å². The Balaban J connectivity index is 2.12. The second kappa shape index (κ2) is 4.48. The number of nitrogens with one attached hydrogen (secondary N) is 1. The highest BCUT2D eigenvalue weighted by Gasteiger charge is 2.26. The van der Waals surface area contributed by atoms with Crippen molar-refractivity contribution in [1.82, 2.24) is 15.4 Å². The predicted molar refractivity (Wildman–Crippen MR) is 54.1 cm³/mol. The lowest BCUT2D eigenvalue weighted by molar-refractivity contribution is 0.358. The molecule has 76 valence electrons. The molecule has 1 unspecified atom stereocenters. The quantitative estimate of drug-likeness (QED) is 0.557. The van der Waals surface area contributed by atoms with Crippen LogP contribution < -0.4 is 11.3 Å². The summed E-state index contributed by atoms with van der Waals surface area (Å²) in [4.78, 5) is 8.48. The minimum Gasteiger partial charge on any atom is -0.271 e. The highest BCUT2D eigenvalue weighted by atomic mass is 15.2. The summed E-state index contributed by atoms with van der Waals surface area (Å²) in [7, 11) is 0. The van der Waals surface area contributed by atoms with Gasteiger partial charge in [-0.25, -0.2) is 15.4 Å². The summed E-state index contributed by atoms with van der Waals surface area (Å²) in [5.41, 5.74) is 2.84. The molecule has 1 aliphatic carbocycles. The Morgan fingerprint density at radius 1 is 1.29 bits per heavy atom. The smallest absolute Gasteiger partial charge is 0.146 e. The molecule has 1 saturated carbocycles. The molecule has 1 aromatic rings. The molecule has 4 heteroatoms. The van der Waals surface area contributed by atoms with Crippen LogP contribution in [0, 0.1) is 5.92 Å². The number of aromatic nitrogens is 2. The van der Waals surface area contributed by atoms with Crippen LogP contribution in [0.25, 0.3) is 0 Å². The van der Waals surface area contributed by atoms with Crippen LogP contribution in [0.1, 0.15) is 37.5 Å². The van der Waals surface area contributed by atoms with Gasteiger partial charge in [-0.1, -0.05) is 12.8 Å². The van der Waals surface area contributed by atoms with Crippen molar-refractivity contribution in [2.24, 2.45) is 11.8 Å². The average Bonchev–Trinajstić information content (AvgIpc) is 2.74. The van der Waals surface area contributed by atoms with Crippen molar-refractivity contribution in [3.8, 4) is 0 Å². The van der Waals surface area contributed by atoms with Crippen LogP contribution >= 0.6 is 0 Å². The van der Waals surface area contributed by atoms with E-state index >= 15 is 0 Å². The van der Waals surface area contributed by atoms with E-state index < -0.39 is 0 Å². The standard InChI is InChI=1S/C10H16N4/c11-14-9(8-4-1-2-5-8)10-12-6-3-7-13-10/h3,6-9,14H,1-2,4-5,11H2. The van der Waals surface area contributed by atoms with E-state index in [4.69, 9.17) is 5.84 Å². The van der Waals surface area contributed by atoms with Gasteiger partial charge in [0.25, 0.3) is 0 Å². The van der Waals surface area contributed by atoms with Crippen LogP contribution in [0.3, 0.4) is 0 Å². The highest BCUT2D eigenvalue weighted by Crippen LogP contribution is 2.33. The lowest BCUT2D eigenvalue weighted by Gasteiger charge is -2.20. The fraction of sp³-hybridized carbons (Fsp3) is 0.600. The maximum Gasteiger partial charge on any atom is 0.146 e. The summed E-state index contributed by atoms with van der Waals surface area (Å²) in [5, 5.41) is 0. The van der Waals surface area contributed by atoms with Crippen LogP contribution in [-0.2, 0) is 0 Å². The van der Waals surface area contributed by atoms with Gasteiger partial charge in [0, 0.05) is 12.4 Å². The van der Waals surface area contributed by atoms with E-state index in [9.17, 15) is 0 Å². The highest BCUT2D eigenvalue weighted by molar-refractivity contribution is 4.98. The van der Waals surface area contributed by atoms with Crippen LogP contribution in [0.2, 0.25) is 0 Å². The molecule has 1 aliphatic rings. The number of nitrogens with two attached hydrogens (primary N) is 1. The van der Waals surface area contributed by atoms with Crippen LogP contribution in [0.5, 0.6) is 0 Å². The summed E-state index contributed by atoms with van der Waals surface area (Å²) in [5.74, 6) is 6.98. The molecule has 0 radical (unpaired) electrons. The van der Waals surface area contributed by atoms with Gasteiger partial charge in [0.1, 0.15) is 5.82 Å². The van der Waals surface area contributed by atoms with Gasteiger partial charge in [0.2, 0.25) is 0 Å². The van der Waals surface area contributed by atoms with Crippen LogP contribution in [-0.4, -0.2) is 9.97 Å². The van der Waals surface area contributed by atoms with E-state index in [0.29, 0.717) is 5.92 Å². The summed E-state index contributed by atoms with van der Waals surface area (Å²) in [6.45, 7) is 0. The fourth-order valence-corrected chi connectivity index (χ4v) is 2.18. The van der Waals surface area contributed by atoms with Crippen molar-refractivity contribution in [2.75, 3.05) is 0 Å². The Morgan fingerprint density at radius 2 is 1.93 bits per heavy atom. The molecule has 0 spiro atoms. The fourth-order valence-electron chi connectivity index (χ4n) is 2.18. The van der Waals surface area contributed by atoms with Crippen LogP contribution in [0.4, 0.5) is 0 Å². The molecule has 1 heterocycles. The van der Waals surface area contributed by atoms with Gasteiger partial charge in [0.05, 0.1) is 6.04 Å². The molecule has 1 aromatic heterocycles. The number of hydrogen-bond donors (Lipinski definition) is 2. The number of rotatable bonds is 3. The van der Waals surface area contributed by atoms with E-state index in [1.54, 1.807) is 12.4 Å². The summed E-state index contributed by atoms with van der Waals surface area (Å²) >= 11 is 0. The number of nitrogens with zero attached hydrogens (tertiary/aromatic N) is 2. The maximum atomic E-state index is 5.55. The van der Waals surface area contributed by atoms with E-state index in [1.807, 2.05) is 6.07 Å².